The van der Waals surface area contributed by atoms with Crippen LogP contribution in [0.25, 0.3) is 11.3 Å². The van der Waals surface area contributed by atoms with Crippen LogP contribution >= 0.6 is 11.3 Å². The van der Waals surface area contributed by atoms with Gasteiger partial charge >= 0.3 is 5.97 Å². The second-order valence-corrected chi connectivity index (χ2v) is 5.38. The Morgan fingerprint density at radius 3 is 2.62 bits per heavy atom. The fourth-order valence-electron chi connectivity index (χ4n) is 1.70. The second kappa shape index (κ2) is 6.81. The van der Waals surface area contributed by atoms with Gasteiger partial charge in [0.2, 0.25) is 5.91 Å². The van der Waals surface area contributed by atoms with Crippen molar-refractivity contribution in [3.63, 3.8) is 0 Å². The van der Waals surface area contributed by atoms with Crippen LogP contribution in [-0.4, -0.2) is 22.0 Å². The number of aliphatic carboxylic acids is 1. The van der Waals surface area contributed by atoms with Crippen LogP contribution in [0.1, 0.15) is 11.4 Å². The van der Waals surface area contributed by atoms with Crippen LogP contribution in [0.15, 0.2) is 41.8 Å². The summed E-state index contributed by atoms with van der Waals surface area (Å²) in [5.74, 6) is -1.32. The summed E-state index contributed by atoms with van der Waals surface area (Å²) >= 11 is 1.59. The molecule has 1 amide bonds. The summed E-state index contributed by atoms with van der Waals surface area (Å²) in [6.07, 6.45) is 2.29. The first kappa shape index (κ1) is 14.9. The van der Waals surface area contributed by atoms with Gasteiger partial charge in [-0.3, -0.25) is 4.79 Å². The summed E-state index contributed by atoms with van der Waals surface area (Å²) in [7, 11) is 0. The number of rotatable bonds is 5. The summed E-state index contributed by atoms with van der Waals surface area (Å²) < 4.78 is 0. The van der Waals surface area contributed by atoms with Gasteiger partial charge in [0.15, 0.2) is 0 Å². The Kier molecular flexibility index (Phi) is 4.84. The van der Waals surface area contributed by atoms with E-state index in [0.717, 1.165) is 22.3 Å². The minimum Gasteiger partial charge on any atom is -0.478 e. The monoisotopic (exact) mass is 302 g/mol. The summed E-state index contributed by atoms with van der Waals surface area (Å²) in [6.45, 7) is 1.95. The lowest BCUT2D eigenvalue weighted by molar-refractivity contribution is -0.131. The number of carbonyl (C=O) groups excluding carboxylic acids is 1. The molecule has 0 fully saturated rings. The van der Waals surface area contributed by atoms with Crippen LogP contribution < -0.4 is 5.32 Å². The van der Waals surface area contributed by atoms with Crippen LogP contribution in [0.2, 0.25) is 0 Å². The number of aryl methyl sites for hydroxylation is 1. The Hall–Kier alpha value is -2.47. The van der Waals surface area contributed by atoms with Crippen molar-refractivity contribution in [2.45, 2.75) is 13.3 Å². The van der Waals surface area contributed by atoms with Gasteiger partial charge in [0.25, 0.3) is 0 Å². The van der Waals surface area contributed by atoms with E-state index < -0.39 is 5.97 Å². The number of carbonyl (C=O) groups is 2. The van der Waals surface area contributed by atoms with Crippen molar-refractivity contribution in [1.82, 2.24) is 4.98 Å². The third kappa shape index (κ3) is 4.54. The summed E-state index contributed by atoms with van der Waals surface area (Å²) in [5.41, 5.74) is 2.57. The fourth-order valence-corrected chi connectivity index (χ4v) is 2.32. The number of carboxylic acids is 1. The van der Waals surface area contributed by atoms with Crippen LogP contribution in [0.5, 0.6) is 0 Å². The fraction of sp³-hybridized carbons (Fsp3) is 0.133. The molecule has 1 aromatic carbocycles. The van der Waals surface area contributed by atoms with E-state index in [2.05, 4.69) is 10.3 Å². The van der Waals surface area contributed by atoms with Crippen LogP contribution in [0, 0.1) is 6.92 Å². The van der Waals surface area contributed by atoms with Crippen molar-refractivity contribution in [2.24, 2.45) is 0 Å². The number of aromatic nitrogens is 1. The number of thiazole rings is 1. The zero-order valence-corrected chi connectivity index (χ0v) is 12.2. The molecule has 0 radical (unpaired) electrons. The molecule has 0 aliphatic carbocycles. The zero-order valence-electron chi connectivity index (χ0n) is 11.4. The molecule has 0 bridgehead atoms. The number of benzene rings is 1. The molecule has 0 aliphatic heterocycles. The van der Waals surface area contributed by atoms with Gasteiger partial charge in [-0.1, -0.05) is 18.2 Å². The van der Waals surface area contributed by atoms with Crippen molar-refractivity contribution in [3.05, 3.63) is 46.8 Å². The highest BCUT2D eigenvalue weighted by molar-refractivity contribution is 7.09. The number of hydrogen-bond acceptors (Lipinski definition) is 4. The van der Waals surface area contributed by atoms with Crippen molar-refractivity contribution < 1.29 is 14.7 Å². The van der Waals surface area contributed by atoms with E-state index in [1.165, 1.54) is 6.08 Å². The minimum absolute atomic E-state index is 0.0271. The van der Waals surface area contributed by atoms with Gasteiger partial charge in [-0.15, -0.1) is 11.3 Å². The highest BCUT2D eigenvalue weighted by Crippen LogP contribution is 2.23. The molecule has 0 aliphatic rings. The van der Waals surface area contributed by atoms with Gasteiger partial charge < -0.3 is 10.4 Å². The maximum absolute atomic E-state index is 11.6. The van der Waals surface area contributed by atoms with Gasteiger partial charge in [-0.2, -0.15) is 0 Å². The van der Waals surface area contributed by atoms with Gasteiger partial charge in [0, 0.05) is 29.1 Å². The predicted octanol–water partition coefficient (Wildman–Crippen LogP) is 3.09. The maximum atomic E-state index is 11.6. The first-order chi connectivity index (χ1) is 10.0. The molecule has 0 atom stereocenters. The number of carboxylic acid groups (broad SMARTS) is 1. The van der Waals surface area contributed by atoms with Crippen LogP contribution in [0.4, 0.5) is 5.69 Å². The molecular weight excluding hydrogens is 288 g/mol. The van der Waals surface area contributed by atoms with Crippen molar-refractivity contribution in [1.29, 1.82) is 0 Å². The van der Waals surface area contributed by atoms with E-state index >= 15 is 0 Å². The Labute approximate surface area is 126 Å². The average Bonchev–Trinajstić information content (AvgIpc) is 2.86. The van der Waals surface area contributed by atoms with Crippen LogP contribution in [-0.2, 0) is 9.59 Å². The Bertz CT molecular complexity index is 674. The minimum atomic E-state index is -1.06. The molecule has 1 aromatic heterocycles. The normalized spacial score (nSPS) is 10.7. The molecule has 0 unspecified atom stereocenters. The molecule has 108 valence electrons. The molecule has 5 nitrogen and oxygen atoms in total. The van der Waals surface area contributed by atoms with E-state index in [0.29, 0.717) is 5.69 Å². The molecular formula is C15H14N2O3S. The second-order valence-electron chi connectivity index (χ2n) is 4.32. The lowest BCUT2D eigenvalue weighted by Gasteiger charge is -2.04. The third-order valence-electron chi connectivity index (χ3n) is 2.65. The molecule has 2 N–H and O–H groups in total. The number of hydrogen-bond donors (Lipinski definition) is 2. The van der Waals surface area contributed by atoms with Crippen molar-refractivity contribution in [3.8, 4) is 11.3 Å². The molecule has 2 rings (SSSR count). The summed E-state index contributed by atoms with van der Waals surface area (Å²) in [5, 5.41) is 14.1. The van der Waals surface area contributed by atoms with E-state index in [1.807, 2.05) is 24.4 Å². The van der Waals surface area contributed by atoms with Gasteiger partial charge in [-0.05, 0) is 19.1 Å². The number of nitrogens with one attached hydrogen (secondary N) is 1. The number of amides is 1. The van der Waals surface area contributed by atoms with Crippen molar-refractivity contribution >= 4 is 28.9 Å². The molecule has 1 heterocycles. The summed E-state index contributed by atoms with van der Waals surface area (Å²) in [6, 6.07) is 7.36. The highest BCUT2D eigenvalue weighted by atomic mass is 32.1. The van der Waals surface area contributed by atoms with E-state index in [1.54, 1.807) is 23.5 Å². The highest BCUT2D eigenvalue weighted by Gasteiger charge is 2.04. The zero-order chi connectivity index (χ0) is 15.2. The van der Waals surface area contributed by atoms with E-state index in [-0.39, 0.29) is 12.3 Å². The van der Waals surface area contributed by atoms with Gasteiger partial charge in [0.05, 0.1) is 10.7 Å². The maximum Gasteiger partial charge on any atom is 0.327 e. The average molecular weight is 302 g/mol. The molecule has 0 saturated heterocycles. The lowest BCUT2D eigenvalue weighted by atomic mass is 10.1. The molecule has 21 heavy (non-hydrogen) atoms. The smallest absolute Gasteiger partial charge is 0.327 e. The van der Waals surface area contributed by atoms with E-state index in [9.17, 15) is 9.59 Å². The molecule has 0 spiro atoms. The van der Waals surface area contributed by atoms with Crippen LogP contribution in [0.3, 0.4) is 0 Å². The van der Waals surface area contributed by atoms with Crippen molar-refractivity contribution in [2.75, 3.05) is 5.32 Å². The van der Waals surface area contributed by atoms with Gasteiger partial charge in [0.1, 0.15) is 0 Å². The topological polar surface area (TPSA) is 79.3 Å². The molecule has 0 saturated carbocycles. The van der Waals surface area contributed by atoms with E-state index in [4.69, 9.17) is 5.11 Å². The van der Waals surface area contributed by atoms with Gasteiger partial charge in [-0.25, -0.2) is 9.78 Å². The Balaban J connectivity index is 1.96. The molecule has 2 aromatic rings. The Morgan fingerprint density at radius 1 is 1.33 bits per heavy atom. The lowest BCUT2D eigenvalue weighted by Crippen LogP contribution is -2.10. The number of nitrogens with zero attached hydrogens (tertiary/aromatic N) is 1. The SMILES string of the molecule is Cc1nc(-c2ccc(NC(=O)CC=CC(=O)O)cc2)cs1. The molecule has 6 heteroatoms. The third-order valence-corrected chi connectivity index (χ3v) is 3.42. The largest absolute Gasteiger partial charge is 0.478 e. The first-order valence-electron chi connectivity index (χ1n) is 6.26. The Morgan fingerprint density at radius 2 is 2.05 bits per heavy atom. The quantitative estimate of drug-likeness (QED) is 0.832. The summed E-state index contributed by atoms with van der Waals surface area (Å²) in [4.78, 5) is 26.3. The first-order valence-corrected chi connectivity index (χ1v) is 7.14. The number of anilines is 1. The standard InChI is InChI=1S/C15H14N2O3S/c1-10-16-13(9-21-10)11-5-7-12(8-6-11)17-14(18)3-2-4-15(19)20/h2,4-9H,3H2,1H3,(H,17,18)(H,19,20). The predicted molar refractivity (Wildman–Crippen MR) is 82.3 cm³/mol.